The molecule has 12 heavy (non-hydrogen) atoms. The van der Waals surface area contributed by atoms with Crippen molar-refractivity contribution in [2.24, 2.45) is 5.73 Å². The summed E-state index contributed by atoms with van der Waals surface area (Å²) in [5.74, 6) is 0.00130. The second kappa shape index (κ2) is 7.06. The fourth-order valence-electron chi connectivity index (χ4n) is 0.715. The van der Waals surface area contributed by atoms with Gasteiger partial charge in [0.05, 0.1) is 6.61 Å². The first-order chi connectivity index (χ1) is 5.70. The third kappa shape index (κ3) is 6.12. The zero-order valence-corrected chi connectivity index (χ0v) is 7.80. The quantitative estimate of drug-likeness (QED) is 0.552. The first-order valence-corrected chi connectivity index (χ1v) is 4.27. The second-order valence-corrected chi connectivity index (χ2v) is 2.65. The molecule has 1 unspecified atom stereocenters. The number of hydrogen-bond acceptors (Lipinski definition) is 3. The van der Waals surface area contributed by atoms with Gasteiger partial charge in [0.1, 0.15) is 0 Å². The Morgan fingerprint density at radius 1 is 1.67 bits per heavy atom. The summed E-state index contributed by atoms with van der Waals surface area (Å²) in [6.07, 6.45) is 0.415. The van der Waals surface area contributed by atoms with Gasteiger partial charge < -0.3 is 15.8 Å². The van der Waals surface area contributed by atoms with Crippen LogP contribution in [0.5, 0.6) is 0 Å². The highest BCUT2D eigenvalue weighted by Gasteiger charge is 2.04. The van der Waals surface area contributed by atoms with Crippen LogP contribution < -0.4 is 11.1 Å². The van der Waals surface area contributed by atoms with E-state index in [0.29, 0.717) is 26.2 Å². The van der Waals surface area contributed by atoms with Gasteiger partial charge in [-0.25, -0.2) is 0 Å². The summed E-state index contributed by atoms with van der Waals surface area (Å²) in [6, 6.07) is 0.0547. The normalized spacial score (nSPS) is 12.6. The minimum absolute atomic E-state index is 0.00130. The minimum atomic E-state index is 0.00130. The molecule has 0 aliphatic heterocycles. The number of carbonyl (C=O) groups excluding carboxylic acids is 1. The molecule has 0 saturated carbocycles. The van der Waals surface area contributed by atoms with Crippen LogP contribution >= 0.6 is 0 Å². The van der Waals surface area contributed by atoms with Crippen molar-refractivity contribution in [3.8, 4) is 0 Å². The Balaban J connectivity index is 3.33. The van der Waals surface area contributed by atoms with Crippen molar-refractivity contribution >= 4 is 5.91 Å². The van der Waals surface area contributed by atoms with E-state index in [1.165, 1.54) is 0 Å². The van der Waals surface area contributed by atoms with E-state index < -0.39 is 0 Å². The Morgan fingerprint density at radius 2 is 2.33 bits per heavy atom. The maximum absolute atomic E-state index is 11.0. The van der Waals surface area contributed by atoms with Gasteiger partial charge in [0.15, 0.2) is 0 Å². The summed E-state index contributed by atoms with van der Waals surface area (Å²) < 4.78 is 5.03. The standard InChI is InChI=1S/C8H18N2O2/c1-3-12-5-4-8(11)10-7(2)6-9/h7H,3-6,9H2,1-2H3,(H,10,11). The molecule has 0 fully saturated rings. The lowest BCUT2D eigenvalue weighted by atomic mass is 10.3. The van der Waals surface area contributed by atoms with E-state index in [2.05, 4.69) is 5.32 Å². The largest absolute Gasteiger partial charge is 0.381 e. The summed E-state index contributed by atoms with van der Waals surface area (Å²) in [6.45, 7) is 5.39. The molecule has 0 spiro atoms. The first-order valence-electron chi connectivity index (χ1n) is 4.27. The van der Waals surface area contributed by atoms with Gasteiger partial charge in [0, 0.05) is 25.6 Å². The maximum Gasteiger partial charge on any atom is 0.222 e. The van der Waals surface area contributed by atoms with E-state index in [9.17, 15) is 4.79 Å². The first kappa shape index (κ1) is 11.4. The van der Waals surface area contributed by atoms with E-state index in [4.69, 9.17) is 10.5 Å². The van der Waals surface area contributed by atoms with Crippen LogP contribution in [0.1, 0.15) is 20.3 Å². The summed E-state index contributed by atoms with van der Waals surface area (Å²) in [7, 11) is 0. The summed E-state index contributed by atoms with van der Waals surface area (Å²) in [5, 5.41) is 2.74. The Kier molecular flexibility index (Phi) is 6.70. The van der Waals surface area contributed by atoms with E-state index >= 15 is 0 Å². The molecular weight excluding hydrogens is 156 g/mol. The second-order valence-electron chi connectivity index (χ2n) is 2.65. The fourth-order valence-corrected chi connectivity index (χ4v) is 0.715. The predicted octanol–water partition coefficient (Wildman–Crippen LogP) is -0.124. The van der Waals surface area contributed by atoms with Crippen molar-refractivity contribution in [3.63, 3.8) is 0 Å². The highest BCUT2D eigenvalue weighted by atomic mass is 16.5. The predicted molar refractivity (Wildman–Crippen MR) is 47.8 cm³/mol. The van der Waals surface area contributed by atoms with Gasteiger partial charge in [-0.2, -0.15) is 0 Å². The number of ether oxygens (including phenoxy) is 1. The summed E-state index contributed by atoms with van der Waals surface area (Å²) >= 11 is 0. The molecule has 0 aromatic heterocycles. The number of nitrogens with two attached hydrogens (primary N) is 1. The molecule has 0 radical (unpaired) electrons. The van der Waals surface area contributed by atoms with Crippen molar-refractivity contribution in [2.75, 3.05) is 19.8 Å². The molecule has 4 nitrogen and oxygen atoms in total. The van der Waals surface area contributed by atoms with Gasteiger partial charge in [-0.05, 0) is 13.8 Å². The molecule has 0 bridgehead atoms. The van der Waals surface area contributed by atoms with Gasteiger partial charge in [-0.1, -0.05) is 0 Å². The molecule has 0 rings (SSSR count). The smallest absolute Gasteiger partial charge is 0.222 e. The van der Waals surface area contributed by atoms with Gasteiger partial charge in [0.25, 0.3) is 0 Å². The van der Waals surface area contributed by atoms with Gasteiger partial charge in [-0.3, -0.25) is 4.79 Å². The van der Waals surface area contributed by atoms with Crippen LogP contribution in [0.25, 0.3) is 0 Å². The van der Waals surface area contributed by atoms with E-state index in [1.807, 2.05) is 13.8 Å². The van der Waals surface area contributed by atoms with Crippen LogP contribution in [-0.2, 0) is 9.53 Å². The van der Waals surface area contributed by atoms with Crippen molar-refractivity contribution in [1.82, 2.24) is 5.32 Å². The van der Waals surface area contributed by atoms with Gasteiger partial charge in [0.2, 0.25) is 5.91 Å². The average Bonchev–Trinajstić information content (AvgIpc) is 2.05. The molecule has 72 valence electrons. The summed E-state index contributed by atoms with van der Waals surface area (Å²) in [5.41, 5.74) is 5.33. The Bertz CT molecular complexity index is 128. The molecule has 0 saturated heterocycles. The Hall–Kier alpha value is -0.610. The Morgan fingerprint density at radius 3 is 2.83 bits per heavy atom. The number of amides is 1. The lowest BCUT2D eigenvalue weighted by Crippen LogP contribution is -2.38. The number of hydrogen-bond donors (Lipinski definition) is 2. The molecule has 0 aliphatic carbocycles. The molecule has 1 amide bonds. The van der Waals surface area contributed by atoms with Crippen molar-refractivity contribution in [1.29, 1.82) is 0 Å². The van der Waals surface area contributed by atoms with Crippen LogP contribution in [0.2, 0.25) is 0 Å². The van der Waals surface area contributed by atoms with Crippen LogP contribution in [0.4, 0.5) is 0 Å². The number of nitrogens with one attached hydrogen (secondary N) is 1. The SMILES string of the molecule is CCOCCC(=O)NC(C)CN. The highest BCUT2D eigenvalue weighted by Crippen LogP contribution is 1.84. The molecule has 0 aromatic carbocycles. The lowest BCUT2D eigenvalue weighted by Gasteiger charge is -2.10. The number of rotatable bonds is 6. The molecule has 4 heteroatoms. The van der Waals surface area contributed by atoms with Crippen molar-refractivity contribution in [2.45, 2.75) is 26.3 Å². The zero-order valence-electron chi connectivity index (χ0n) is 7.80. The molecule has 3 N–H and O–H groups in total. The summed E-state index contributed by atoms with van der Waals surface area (Å²) in [4.78, 5) is 11.0. The molecule has 1 atom stereocenters. The van der Waals surface area contributed by atoms with Crippen LogP contribution in [-0.4, -0.2) is 31.7 Å². The molecule has 0 aliphatic rings. The Labute approximate surface area is 73.5 Å². The van der Waals surface area contributed by atoms with Crippen molar-refractivity contribution < 1.29 is 9.53 Å². The topological polar surface area (TPSA) is 64.3 Å². The van der Waals surface area contributed by atoms with Crippen LogP contribution in [0, 0.1) is 0 Å². The third-order valence-corrected chi connectivity index (χ3v) is 1.44. The van der Waals surface area contributed by atoms with Crippen molar-refractivity contribution in [3.05, 3.63) is 0 Å². The van der Waals surface area contributed by atoms with E-state index in [-0.39, 0.29) is 11.9 Å². The third-order valence-electron chi connectivity index (χ3n) is 1.44. The zero-order chi connectivity index (χ0) is 9.40. The lowest BCUT2D eigenvalue weighted by molar-refractivity contribution is -0.122. The highest BCUT2D eigenvalue weighted by molar-refractivity contribution is 5.76. The molecule has 0 heterocycles. The molecule has 0 aromatic rings. The van der Waals surface area contributed by atoms with E-state index in [1.54, 1.807) is 0 Å². The molecular formula is C8H18N2O2. The van der Waals surface area contributed by atoms with Gasteiger partial charge in [-0.15, -0.1) is 0 Å². The van der Waals surface area contributed by atoms with Gasteiger partial charge >= 0.3 is 0 Å². The maximum atomic E-state index is 11.0. The average molecular weight is 174 g/mol. The fraction of sp³-hybridized carbons (Fsp3) is 0.875. The van der Waals surface area contributed by atoms with E-state index in [0.717, 1.165) is 0 Å². The minimum Gasteiger partial charge on any atom is -0.381 e. The van der Waals surface area contributed by atoms with Crippen LogP contribution in [0.15, 0.2) is 0 Å². The van der Waals surface area contributed by atoms with Crippen LogP contribution in [0.3, 0.4) is 0 Å². The number of carbonyl (C=O) groups is 1. The monoisotopic (exact) mass is 174 g/mol.